The summed E-state index contributed by atoms with van der Waals surface area (Å²) < 4.78 is 0. The zero-order chi connectivity index (χ0) is 11.0. The second-order valence-corrected chi connectivity index (χ2v) is 4.49. The smallest absolute Gasteiger partial charge is 0.0994 e. The van der Waals surface area contributed by atoms with Crippen LogP contribution in [0, 0.1) is 0 Å². The maximum atomic E-state index is 9.92. The minimum Gasteiger partial charge on any atom is -0.391 e. The van der Waals surface area contributed by atoms with Crippen LogP contribution in [0.1, 0.15) is 13.3 Å². The summed E-state index contributed by atoms with van der Waals surface area (Å²) in [7, 11) is 0. The standard InChI is InChI=1S/C10H20N2O3/c1-2-11-6-5-12-4-3-7(13)8(12)10(15)9(6)14/h6-11,13-15H,2-5H2,1H3/t6?,7?,8-,9?,10-/m1/s1. The molecule has 5 nitrogen and oxygen atoms in total. The number of likely N-dealkylation sites (N-methyl/N-ethyl adjacent to an activating group) is 1. The van der Waals surface area contributed by atoms with Crippen LogP contribution in [-0.4, -0.2) is 70.2 Å². The van der Waals surface area contributed by atoms with Crippen LogP contribution in [0.4, 0.5) is 0 Å². The van der Waals surface area contributed by atoms with Gasteiger partial charge in [0.05, 0.1) is 24.4 Å². The van der Waals surface area contributed by atoms with Crippen molar-refractivity contribution in [1.82, 2.24) is 10.2 Å². The fourth-order valence-corrected chi connectivity index (χ4v) is 2.77. The molecule has 0 spiro atoms. The highest BCUT2D eigenvalue weighted by atomic mass is 16.3. The van der Waals surface area contributed by atoms with Crippen LogP contribution < -0.4 is 5.32 Å². The summed E-state index contributed by atoms with van der Waals surface area (Å²) in [4.78, 5) is 2.06. The fourth-order valence-electron chi connectivity index (χ4n) is 2.77. The predicted molar refractivity (Wildman–Crippen MR) is 55.5 cm³/mol. The van der Waals surface area contributed by atoms with Crippen LogP contribution in [0.15, 0.2) is 0 Å². The molecule has 0 aromatic carbocycles. The third-order valence-corrected chi connectivity index (χ3v) is 3.54. The first-order chi connectivity index (χ1) is 7.15. The van der Waals surface area contributed by atoms with Gasteiger partial charge in [-0.15, -0.1) is 0 Å². The number of nitrogens with zero attached hydrogens (tertiary/aromatic N) is 1. The average molecular weight is 216 g/mol. The van der Waals surface area contributed by atoms with Crippen molar-refractivity contribution in [2.75, 3.05) is 19.6 Å². The first kappa shape index (κ1) is 11.3. The summed E-state index contributed by atoms with van der Waals surface area (Å²) in [6, 6.07) is -0.374. The Morgan fingerprint density at radius 3 is 2.67 bits per heavy atom. The molecule has 2 fully saturated rings. The molecule has 0 aliphatic carbocycles. The molecule has 0 radical (unpaired) electrons. The zero-order valence-electron chi connectivity index (χ0n) is 9.00. The van der Waals surface area contributed by atoms with E-state index in [-0.39, 0.29) is 12.1 Å². The highest BCUT2D eigenvalue weighted by Gasteiger charge is 2.47. The van der Waals surface area contributed by atoms with E-state index in [2.05, 4.69) is 10.2 Å². The van der Waals surface area contributed by atoms with Gasteiger partial charge in [0.25, 0.3) is 0 Å². The molecule has 3 unspecified atom stereocenters. The van der Waals surface area contributed by atoms with Crippen molar-refractivity contribution < 1.29 is 15.3 Å². The molecule has 2 rings (SSSR count). The van der Waals surface area contributed by atoms with Crippen molar-refractivity contribution in [2.45, 2.75) is 43.7 Å². The number of hydrogen-bond acceptors (Lipinski definition) is 5. The first-order valence-corrected chi connectivity index (χ1v) is 5.66. The maximum Gasteiger partial charge on any atom is 0.0994 e. The molecule has 2 saturated heterocycles. The van der Waals surface area contributed by atoms with E-state index in [1.54, 1.807) is 0 Å². The minimum atomic E-state index is -0.847. The predicted octanol–water partition coefficient (Wildman–Crippen LogP) is -1.86. The molecule has 4 N–H and O–H groups in total. The van der Waals surface area contributed by atoms with Crippen LogP contribution in [0.3, 0.4) is 0 Å². The molecule has 5 heteroatoms. The van der Waals surface area contributed by atoms with E-state index in [0.29, 0.717) is 13.0 Å². The molecule has 0 aromatic rings. The molecule has 15 heavy (non-hydrogen) atoms. The largest absolute Gasteiger partial charge is 0.391 e. The van der Waals surface area contributed by atoms with Crippen LogP contribution in [-0.2, 0) is 0 Å². The Kier molecular flexibility index (Phi) is 3.27. The topological polar surface area (TPSA) is 76.0 Å². The Bertz CT molecular complexity index is 225. The van der Waals surface area contributed by atoms with Gasteiger partial charge >= 0.3 is 0 Å². The van der Waals surface area contributed by atoms with E-state index in [0.717, 1.165) is 13.1 Å². The van der Waals surface area contributed by atoms with Gasteiger partial charge in [-0.1, -0.05) is 6.92 Å². The van der Waals surface area contributed by atoms with Crippen molar-refractivity contribution in [3.8, 4) is 0 Å². The Morgan fingerprint density at radius 1 is 1.27 bits per heavy atom. The molecule has 88 valence electrons. The number of hydrogen-bond donors (Lipinski definition) is 4. The Hall–Kier alpha value is -0.200. The first-order valence-electron chi connectivity index (χ1n) is 5.66. The Morgan fingerprint density at radius 2 is 2.00 bits per heavy atom. The number of nitrogens with one attached hydrogen (secondary N) is 1. The Labute approximate surface area is 89.7 Å². The van der Waals surface area contributed by atoms with Gasteiger partial charge in [-0.3, -0.25) is 4.90 Å². The number of aliphatic hydroxyl groups excluding tert-OH is 3. The molecular formula is C10H20N2O3. The van der Waals surface area contributed by atoms with Crippen molar-refractivity contribution in [2.24, 2.45) is 0 Å². The quantitative estimate of drug-likeness (QED) is 0.435. The molecule has 2 aliphatic rings. The summed E-state index contributed by atoms with van der Waals surface area (Å²) in [6.07, 6.45) is -1.44. The van der Waals surface area contributed by atoms with Crippen LogP contribution >= 0.6 is 0 Å². The van der Waals surface area contributed by atoms with E-state index in [1.165, 1.54) is 0 Å². The van der Waals surface area contributed by atoms with Gasteiger partial charge in [-0.25, -0.2) is 0 Å². The lowest BCUT2D eigenvalue weighted by Crippen LogP contribution is -2.64. The van der Waals surface area contributed by atoms with Crippen molar-refractivity contribution in [3.63, 3.8) is 0 Å². The molecular weight excluding hydrogens is 196 g/mol. The molecule has 0 bridgehead atoms. The summed E-state index contributed by atoms with van der Waals surface area (Å²) >= 11 is 0. The van der Waals surface area contributed by atoms with Gasteiger partial charge in [-0.2, -0.15) is 0 Å². The van der Waals surface area contributed by atoms with Gasteiger partial charge in [0.15, 0.2) is 0 Å². The average Bonchev–Trinajstić information content (AvgIpc) is 2.56. The van der Waals surface area contributed by atoms with Crippen molar-refractivity contribution in [3.05, 3.63) is 0 Å². The monoisotopic (exact) mass is 216 g/mol. The van der Waals surface area contributed by atoms with Gasteiger partial charge in [0.2, 0.25) is 0 Å². The molecule has 5 atom stereocenters. The molecule has 2 aliphatic heterocycles. The molecule has 0 aromatic heterocycles. The van der Waals surface area contributed by atoms with Gasteiger partial charge in [0, 0.05) is 19.1 Å². The lowest BCUT2D eigenvalue weighted by Gasteiger charge is -2.43. The van der Waals surface area contributed by atoms with Crippen molar-refractivity contribution >= 4 is 0 Å². The van der Waals surface area contributed by atoms with E-state index >= 15 is 0 Å². The van der Waals surface area contributed by atoms with Crippen LogP contribution in [0.25, 0.3) is 0 Å². The van der Waals surface area contributed by atoms with Gasteiger partial charge in [0.1, 0.15) is 0 Å². The number of fused-ring (bicyclic) bond motifs is 1. The van der Waals surface area contributed by atoms with Gasteiger partial charge < -0.3 is 20.6 Å². The molecule has 0 saturated carbocycles. The maximum absolute atomic E-state index is 9.92. The third-order valence-electron chi connectivity index (χ3n) is 3.54. The van der Waals surface area contributed by atoms with Crippen LogP contribution in [0.2, 0.25) is 0 Å². The van der Waals surface area contributed by atoms with Gasteiger partial charge in [-0.05, 0) is 13.0 Å². The highest BCUT2D eigenvalue weighted by molar-refractivity contribution is 5.03. The normalized spacial score (nSPS) is 46.8. The number of aliphatic hydroxyl groups is 3. The third kappa shape index (κ3) is 1.90. The summed E-state index contributed by atoms with van der Waals surface area (Å²) in [6.45, 7) is 4.25. The zero-order valence-corrected chi connectivity index (χ0v) is 9.00. The lowest BCUT2D eigenvalue weighted by molar-refractivity contribution is -0.101. The highest BCUT2D eigenvalue weighted by Crippen LogP contribution is 2.28. The Balaban J connectivity index is 2.07. The fraction of sp³-hybridized carbons (Fsp3) is 1.00. The molecule has 0 amide bonds. The number of rotatable bonds is 2. The van der Waals surface area contributed by atoms with Crippen LogP contribution in [0.5, 0.6) is 0 Å². The van der Waals surface area contributed by atoms with Crippen molar-refractivity contribution in [1.29, 1.82) is 0 Å². The summed E-state index contributed by atoms with van der Waals surface area (Å²) in [5.41, 5.74) is 0. The SMILES string of the molecule is CCNC1CN2CCC(O)[C@@H]2[C@@H](O)C1O. The molecule has 2 heterocycles. The number of piperidine rings is 1. The summed E-state index contributed by atoms with van der Waals surface area (Å²) in [5.74, 6) is 0. The van der Waals surface area contributed by atoms with E-state index in [1.807, 2.05) is 6.92 Å². The second kappa shape index (κ2) is 4.35. The second-order valence-electron chi connectivity index (χ2n) is 4.49. The summed E-state index contributed by atoms with van der Waals surface area (Å²) in [5, 5.41) is 32.7. The van der Waals surface area contributed by atoms with E-state index < -0.39 is 18.3 Å². The lowest BCUT2D eigenvalue weighted by atomic mass is 9.91. The van der Waals surface area contributed by atoms with E-state index in [9.17, 15) is 15.3 Å². The van der Waals surface area contributed by atoms with E-state index in [4.69, 9.17) is 0 Å². The minimum absolute atomic E-state index is 0.0912.